The second-order valence-corrected chi connectivity index (χ2v) is 8.71. The number of anilines is 2. The largest absolute Gasteiger partial charge is 0.433 e. The van der Waals surface area contributed by atoms with Gasteiger partial charge in [-0.2, -0.15) is 18.3 Å². The quantitative estimate of drug-likeness (QED) is 0.374. The van der Waals surface area contributed by atoms with Crippen LogP contribution in [0.3, 0.4) is 0 Å². The summed E-state index contributed by atoms with van der Waals surface area (Å²) in [5.74, 6) is -0.100. The standard InChI is InChI=1S/C27H29F3N6O/c1-2-31-14-5-4-10-21-18-24(27(28,29)30)36(34-21)23-12-13-25(32-19-23)33-26(37)20-9-8-11-22(17-20)35-15-6-3-7-16-35/h2,5,8-9,11-14,17-19H,3-4,6-7,10,15-16H2,1H3,(H,32,33,37)/b14-5-,31-2-. The number of piperidine rings is 1. The van der Waals surface area contributed by atoms with Crippen LogP contribution in [-0.4, -0.2) is 40.0 Å². The summed E-state index contributed by atoms with van der Waals surface area (Å²) in [6.45, 7) is 3.71. The number of nitrogens with zero attached hydrogens (tertiary/aromatic N) is 5. The summed E-state index contributed by atoms with van der Waals surface area (Å²) in [4.78, 5) is 23.2. The average Bonchev–Trinajstić information content (AvgIpc) is 3.35. The first kappa shape index (κ1) is 26.1. The van der Waals surface area contributed by atoms with Crippen molar-refractivity contribution in [2.24, 2.45) is 4.99 Å². The maximum Gasteiger partial charge on any atom is 0.433 e. The molecule has 0 aliphatic carbocycles. The van der Waals surface area contributed by atoms with E-state index in [1.54, 1.807) is 31.5 Å². The lowest BCUT2D eigenvalue weighted by Gasteiger charge is -2.29. The van der Waals surface area contributed by atoms with Gasteiger partial charge in [-0.25, -0.2) is 9.67 Å². The van der Waals surface area contributed by atoms with Crippen molar-refractivity contribution in [2.75, 3.05) is 23.3 Å². The Kier molecular flexibility index (Phi) is 8.37. The average molecular weight is 511 g/mol. The Morgan fingerprint density at radius 1 is 1.11 bits per heavy atom. The molecule has 0 atom stereocenters. The number of amides is 1. The van der Waals surface area contributed by atoms with Crippen LogP contribution >= 0.6 is 0 Å². The van der Waals surface area contributed by atoms with Gasteiger partial charge < -0.3 is 10.2 Å². The van der Waals surface area contributed by atoms with E-state index in [1.165, 1.54) is 24.8 Å². The van der Waals surface area contributed by atoms with E-state index in [-0.39, 0.29) is 17.4 Å². The molecule has 1 aliphatic rings. The van der Waals surface area contributed by atoms with Crippen molar-refractivity contribution < 1.29 is 18.0 Å². The number of aryl methyl sites for hydroxylation is 1. The number of alkyl halides is 3. The molecule has 1 aromatic carbocycles. The molecule has 0 saturated carbocycles. The third kappa shape index (κ3) is 6.84. The first-order chi connectivity index (χ1) is 17.8. The normalized spacial score (nSPS) is 14.5. The number of rotatable bonds is 8. The maximum absolute atomic E-state index is 13.7. The van der Waals surface area contributed by atoms with Gasteiger partial charge >= 0.3 is 6.18 Å². The second-order valence-electron chi connectivity index (χ2n) is 8.71. The highest BCUT2D eigenvalue weighted by atomic mass is 19.4. The van der Waals surface area contributed by atoms with Gasteiger partial charge in [0.05, 0.1) is 17.6 Å². The summed E-state index contributed by atoms with van der Waals surface area (Å²) < 4.78 is 41.8. The molecule has 2 aromatic heterocycles. The Morgan fingerprint density at radius 3 is 2.62 bits per heavy atom. The summed E-state index contributed by atoms with van der Waals surface area (Å²) in [6, 6.07) is 11.4. The summed E-state index contributed by atoms with van der Waals surface area (Å²) in [6.07, 6.45) is 6.00. The minimum Gasteiger partial charge on any atom is -0.372 e. The molecular formula is C27H29F3N6O. The predicted octanol–water partition coefficient (Wildman–Crippen LogP) is 6.07. The Balaban J connectivity index is 1.47. The number of halogens is 3. The number of allylic oxidation sites excluding steroid dienone is 1. The van der Waals surface area contributed by atoms with Crippen molar-refractivity contribution in [3.05, 3.63) is 77.9 Å². The molecule has 7 nitrogen and oxygen atoms in total. The summed E-state index contributed by atoms with van der Waals surface area (Å²) in [5.41, 5.74) is 1.06. The van der Waals surface area contributed by atoms with E-state index in [1.807, 2.05) is 18.2 Å². The monoisotopic (exact) mass is 510 g/mol. The Labute approximate surface area is 213 Å². The van der Waals surface area contributed by atoms with Gasteiger partial charge in [-0.1, -0.05) is 12.1 Å². The maximum atomic E-state index is 13.7. The summed E-state index contributed by atoms with van der Waals surface area (Å²) in [5, 5.41) is 6.87. The van der Waals surface area contributed by atoms with E-state index in [0.717, 1.165) is 42.4 Å². The first-order valence-electron chi connectivity index (χ1n) is 12.3. The molecular weight excluding hydrogens is 481 g/mol. The van der Waals surface area contributed by atoms with Crippen molar-refractivity contribution in [1.29, 1.82) is 0 Å². The van der Waals surface area contributed by atoms with Crippen LogP contribution in [0.2, 0.25) is 0 Å². The number of aromatic nitrogens is 3. The predicted molar refractivity (Wildman–Crippen MR) is 138 cm³/mol. The number of hydrogen-bond acceptors (Lipinski definition) is 5. The molecule has 1 fully saturated rings. The zero-order valence-corrected chi connectivity index (χ0v) is 20.6. The number of hydrogen-bond donors (Lipinski definition) is 1. The van der Waals surface area contributed by atoms with E-state index >= 15 is 0 Å². The minimum atomic E-state index is -4.58. The molecule has 3 heterocycles. The number of pyridine rings is 1. The van der Waals surface area contributed by atoms with Gasteiger partial charge in [0.15, 0.2) is 0 Å². The van der Waals surface area contributed by atoms with E-state index in [9.17, 15) is 18.0 Å². The molecule has 1 amide bonds. The molecule has 4 rings (SSSR count). The van der Waals surface area contributed by atoms with Crippen LogP contribution in [0.4, 0.5) is 24.7 Å². The SMILES string of the molecule is C/C=N\C=C/CCc1cc(C(F)(F)F)n(-c2ccc(NC(=O)c3cccc(N4CCCCC4)c3)nc2)n1. The van der Waals surface area contributed by atoms with E-state index < -0.39 is 11.9 Å². The van der Waals surface area contributed by atoms with E-state index in [2.05, 4.69) is 25.3 Å². The lowest BCUT2D eigenvalue weighted by molar-refractivity contribution is -0.142. The Bertz CT molecular complexity index is 1260. The fraction of sp³-hybridized carbons (Fsp3) is 0.333. The molecule has 10 heteroatoms. The van der Waals surface area contributed by atoms with Crippen LogP contribution in [-0.2, 0) is 12.6 Å². The molecule has 0 radical (unpaired) electrons. The summed E-state index contributed by atoms with van der Waals surface area (Å²) in [7, 11) is 0. The van der Waals surface area contributed by atoms with Crippen molar-refractivity contribution in [1.82, 2.24) is 14.8 Å². The zero-order chi connectivity index (χ0) is 26.3. The first-order valence-corrected chi connectivity index (χ1v) is 12.3. The van der Waals surface area contributed by atoms with Crippen molar-refractivity contribution in [2.45, 2.75) is 45.2 Å². The lowest BCUT2D eigenvalue weighted by atomic mass is 10.1. The van der Waals surface area contributed by atoms with Gasteiger partial charge in [0.25, 0.3) is 5.91 Å². The van der Waals surface area contributed by atoms with Crippen LogP contribution in [0, 0.1) is 0 Å². The Hall–Kier alpha value is -3.95. The van der Waals surface area contributed by atoms with Crippen molar-refractivity contribution in [3.8, 4) is 5.69 Å². The minimum absolute atomic E-state index is 0.148. The fourth-order valence-electron chi connectivity index (χ4n) is 4.17. The molecule has 0 bridgehead atoms. The molecule has 194 valence electrons. The number of carbonyl (C=O) groups is 1. The third-order valence-electron chi connectivity index (χ3n) is 6.02. The lowest BCUT2D eigenvalue weighted by Crippen LogP contribution is -2.29. The summed E-state index contributed by atoms with van der Waals surface area (Å²) >= 11 is 0. The third-order valence-corrected chi connectivity index (χ3v) is 6.02. The van der Waals surface area contributed by atoms with Crippen LogP contribution < -0.4 is 10.2 Å². The fourth-order valence-corrected chi connectivity index (χ4v) is 4.17. The molecule has 1 aliphatic heterocycles. The smallest absolute Gasteiger partial charge is 0.372 e. The molecule has 0 spiro atoms. The molecule has 37 heavy (non-hydrogen) atoms. The number of aliphatic imine (C=N–C) groups is 1. The van der Waals surface area contributed by atoms with Crippen LogP contribution in [0.25, 0.3) is 5.69 Å². The number of nitrogens with one attached hydrogen (secondary N) is 1. The van der Waals surface area contributed by atoms with Gasteiger partial charge in [0, 0.05) is 36.8 Å². The highest BCUT2D eigenvalue weighted by Crippen LogP contribution is 2.32. The molecule has 1 N–H and O–H groups in total. The molecule has 0 unspecified atom stereocenters. The van der Waals surface area contributed by atoms with Gasteiger partial charge in [-0.05, 0) is 75.4 Å². The van der Waals surface area contributed by atoms with Crippen LogP contribution in [0.1, 0.15) is 54.4 Å². The topological polar surface area (TPSA) is 75.4 Å². The zero-order valence-electron chi connectivity index (χ0n) is 20.6. The highest BCUT2D eigenvalue weighted by Gasteiger charge is 2.36. The number of benzene rings is 1. The van der Waals surface area contributed by atoms with Gasteiger partial charge in [-0.15, -0.1) is 0 Å². The highest BCUT2D eigenvalue weighted by molar-refractivity contribution is 6.04. The van der Waals surface area contributed by atoms with Crippen molar-refractivity contribution in [3.63, 3.8) is 0 Å². The van der Waals surface area contributed by atoms with Crippen molar-refractivity contribution >= 4 is 23.6 Å². The van der Waals surface area contributed by atoms with Gasteiger partial charge in [0.1, 0.15) is 11.5 Å². The second kappa shape index (κ2) is 11.9. The molecule has 3 aromatic rings. The van der Waals surface area contributed by atoms with Crippen LogP contribution in [0.15, 0.2) is 65.9 Å². The van der Waals surface area contributed by atoms with E-state index in [0.29, 0.717) is 24.1 Å². The van der Waals surface area contributed by atoms with Gasteiger partial charge in [0.2, 0.25) is 0 Å². The Morgan fingerprint density at radius 2 is 1.92 bits per heavy atom. The number of carbonyl (C=O) groups excluding carboxylic acids is 1. The van der Waals surface area contributed by atoms with Crippen LogP contribution in [0.5, 0.6) is 0 Å². The van der Waals surface area contributed by atoms with E-state index in [4.69, 9.17) is 0 Å². The van der Waals surface area contributed by atoms with Gasteiger partial charge in [-0.3, -0.25) is 9.79 Å². The molecule has 1 saturated heterocycles.